The Kier molecular flexibility index (Phi) is 2.44. The molecule has 1 N–H and O–H groups in total. The number of carboxylic acids is 1. The van der Waals surface area contributed by atoms with Gasteiger partial charge in [0.1, 0.15) is 0 Å². The van der Waals surface area contributed by atoms with E-state index in [9.17, 15) is 9.90 Å². The first-order valence-electron chi connectivity index (χ1n) is 6.20. The van der Waals surface area contributed by atoms with E-state index < -0.39 is 11.4 Å². The number of ether oxygens (including phenoxy) is 2. The van der Waals surface area contributed by atoms with Gasteiger partial charge in [-0.2, -0.15) is 0 Å². The molecule has 0 aromatic carbocycles. The molecule has 0 radical (unpaired) electrons. The highest BCUT2D eigenvalue weighted by molar-refractivity contribution is 5.76. The first-order chi connectivity index (χ1) is 7.73. The van der Waals surface area contributed by atoms with Crippen LogP contribution in [-0.2, 0) is 14.3 Å². The summed E-state index contributed by atoms with van der Waals surface area (Å²) in [5.74, 6) is -0.402. The Morgan fingerprint density at radius 2 is 1.94 bits per heavy atom. The van der Waals surface area contributed by atoms with Crippen molar-refractivity contribution in [2.24, 2.45) is 11.3 Å². The Morgan fingerprint density at radius 3 is 2.44 bits per heavy atom. The number of carboxylic acid groups (broad SMARTS) is 1. The molecule has 4 nitrogen and oxygen atoms in total. The predicted octanol–water partition coefficient (Wildman–Crippen LogP) is 1.44. The maximum Gasteiger partial charge on any atom is 0.312 e. The van der Waals surface area contributed by atoms with Gasteiger partial charge in [-0.3, -0.25) is 4.79 Å². The lowest BCUT2D eigenvalue weighted by Crippen LogP contribution is -2.48. The van der Waals surface area contributed by atoms with E-state index in [0.29, 0.717) is 13.2 Å². The van der Waals surface area contributed by atoms with Gasteiger partial charge >= 0.3 is 5.97 Å². The lowest BCUT2D eigenvalue weighted by Gasteiger charge is -2.40. The molecule has 0 spiro atoms. The van der Waals surface area contributed by atoms with Crippen LogP contribution in [0.3, 0.4) is 0 Å². The van der Waals surface area contributed by atoms with Crippen molar-refractivity contribution in [3.05, 3.63) is 0 Å². The van der Waals surface area contributed by atoms with Gasteiger partial charge in [-0.1, -0.05) is 0 Å². The molecular formula is C12H18O4. The Balaban J connectivity index is 1.88. The van der Waals surface area contributed by atoms with Crippen molar-refractivity contribution in [3.63, 3.8) is 0 Å². The number of aliphatic carboxylic acids is 1. The summed E-state index contributed by atoms with van der Waals surface area (Å²) in [6, 6.07) is 0. The van der Waals surface area contributed by atoms with Crippen molar-refractivity contribution in [1.82, 2.24) is 0 Å². The molecule has 0 aliphatic carbocycles. The molecule has 16 heavy (non-hydrogen) atoms. The summed E-state index contributed by atoms with van der Waals surface area (Å²) in [6.07, 6.45) is 4.59. The molecule has 0 saturated carbocycles. The monoisotopic (exact) mass is 226 g/mol. The van der Waals surface area contributed by atoms with Gasteiger partial charge < -0.3 is 14.6 Å². The smallest absolute Gasteiger partial charge is 0.312 e. The molecular weight excluding hydrogens is 208 g/mol. The Labute approximate surface area is 94.9 Å². The maximum atomic E-state index is 11.7. The molecule has 0 aromatic rings. The summed E-state index contributed by atoms with van der Waals surface area (Å²) >= 11 is 0. The summed E-state index contributed by atoms with van der Waals surface area (Å²) in [4.78, 5) is 11.7. The van der Waals surface area contributed by atoms with E-state index in [1.165, 1.54) is 0 Å². The third-order valence-electron chi connectivity index (χ3n) is 4.60. The quantitative estimate of drug-likeness (QED) is 0.774. The van der Waals surface area contributed by atoms with Crippen molar-refractivity contribution in [2.45, 2.75) is 44.3 Å². The van der Waals surface area contributed by atoms with Crippen molar-refractivity contribution >= 4 is 5.97 Å². The highest BCUT2D eigenvalue weighted by atomic mass is 16.5. The molecule has 3 aliphatic rings. The first kappa shape index (κ1) is 10.5. The first-order valence-corrected chi connectivity index (χ1v) is 6.20. The van der Waals surface area contributed by atoms with Gasteiger partial charge in [-0.25, -0.2) is 0 Å². The molecule has 3 unspecified atom stereocenters. The van der Waals surface area contributed by atoms with Gasteiger partial charge in [0.05, 0.1) is 17.6 Å². The van der Waals surface area contributed by atoms with E-state index in [1.807, 2.05) is 0 Å². The normalized spacial score (nSPS) is 43.8. The molecule has 3 heterocycles. The fraction of sp³-hybridized carbons (Fsp3) is 0.917. The third-order valence-corrected chi connectivity index (χ3v) is 4.60. The van der Waals surface area contributed by atoms with E-state index in [-0.39, 0.29) is 18.1 Å². The van der Waals surface area contributed by atoms with Gasteiger partial charge in [0.15, 0.2) is 0 Å². The molecule has 0 amide bonds. The zero-order chi connectivity index (χ0) is 11.2. The van der Waals surface area contributed by atoms with E-state index >= 15 is 0 Å². The van der Waals surface area contributed by atoms with Crippen LogP contribution in [0.15, 0.2) is 0 Å². The van der Waals surface area contributed by atoms with Crippen LogP contribution in [0, 0.1) is 11.3 Å². The van der Waals surface area contributed by atoms with Gasteiger partial charge in [0.25, 0.3) is 0 Å². The minimum absolute atomic E-state index is 0.0434. The number of hydrogen-bond acceptors (Lipinski definition) is 3. The molecule has 3 rings (SSSR count). The lowest BCUT2D eigenvalue weighted by molar-refractivity contribution is -0.160. The van der Waals surface area contributed by atoms with Crippen LogP contribution in [0.5, 0.6) is 0 Å². The molecule has 0 aromatic heterocycles. The Morgan fingerprint density at radius 1 is 1.19 bits per heavy atom. The van der Waals surface area contributed by atoms with E-state index in [0.717, 1.165) is 32.1 Å². The number of hydrogen-bond donors (Lipinski definition) is 1. The maximum absolute atomic E-state index is 11.7. The lowest BCUT2D eigenvalue weighted by atomic mass is 9.63. The zero-order valence-corrected chi connectivity index (χ0v) is 9.35. The predicted molar refractivity (Wildman–Crippen MR) is 56.1 cm³/mol. The highest BCUT2D eigenvalue weighted by Crippen LogP contribution is 2.54. The molecule has 4 heteroatoms. The van der Waals surface area contributed by atoms with Gasteiger partial charge in [-0.15, -0.1) is 0 Å². The minimum Gasteiger partial charge on any atom is -0.481 e. The van der Waals surface area contributed by atoms with Crippen LogP contribution in [0.4, 0.5) is 0 Å². The van der Waals surface area contributed by atoms with Crippen molar-refractivity contribution in [1.29, 1.82) is 0 Å². The van der Waals surface area contributed by atoms with E-state index in [4.69, 9.17) is 9.47 Å². The molecule has 3 saturated heterocycles. The summed E-state index contributed by atoms with van der Waals surface area (Å²) in [7, 11) is 0. The van der Waals surface area contributed by atoms with Crippen molar-refractivity contribution in [3.8, 4) is 0 Å². The molecule has 3 aliphatic heterocycles. The standard InChI is InChI=1S/C12H18O4/c13-11(14)12(8-3-5-15-6-4-8)7-9-1-2-10(12)16-9/h8-10H,1-7H2,(H,13,14). The van der Waals surface area contributed by atoms with Crippen LogP contribution in [-0.4, -0.2) is 36.5 Å². The molecule has 3 fully saturated rings. The van der Waals surface area contributed by atoms with E-state index in [1.54, 1.807) is 0 Å². The number of carbonyl (C=O) groups is 1. The second kappa shape index (κ2) is 3.70. The zero-order valence-electron chi connectivity index (χ0n) is 9.35. The summed E-state index contributed by atoms with van der Waals surface area (Å²) in [6.45, 7) is 1.41. The molecule has 2 bridgehead atoms. The average molecular weight is 226 g/mol. The van der Waals surface area contributed by atoms with Crippen molar-refractivity contribution < 1.29 is 19.4 Å². The second-order valence-electron chi connectivity index (χ2n) is 5.26. The van der Waals surface area contributed by atoms with Gasteiger partial charge in [0, 0.05) is 13.2 Å². The van der Waals surface area contributed by atoms with Crippen LogP contribution >= 0.6 is 0 Å². The highest BCUT2D eigenvalue weighted by Gasteiger charge is 2.60. The second-order valence-corrected chi connectivity index (χ2v) is 5.26. The topological polar surface area (TPSA) is 55.8 Å². The fourth-order valence-corrected chi connectivity index (χ4v) is 3.78. The summed E-state index contributed by atoms with van der Waals surface area (Å²) in [5, 5.41) is 9.62. The number of rotatable bonds is 2. The van der Waals surface area contributed by atoms with Crippen LogP contribution < -0.4 is 0 Å². The average Bonchev–Trinajstić information content (AvgIpc) is 2.90. The molecule has 3 atom stereocenters. The minimum atomic E-state index is -0.647. The Hall–Kier alpha value is -0.610. The van der Waals surface area contributed by atoms with E-state index in [2.05, 4.69) is 0 Å². The van der Waals surface area contributed by atoms with Gasteiger partial charge in [0.2, 0.25) is 0 Å². The molecule has 90 valence electrons. The van der Waals surface area contributed by atoms with Crippen LogP contribution in [0.1, 0.15) is 32.1 Å². The van der Waals surface area contributed by atoms with Crippen LogP contribution in [0.2, 0.25) is 0 Å². The van der Waals surface area contributed by atoms with Crippen LogP contribution in [0.25, 0.3) is 0 Å². The SMILES string of the molecule is O=C(O)C1(C2CCOCC2)CC2CCC1O2. The third kappa shape index (κ3) is 1.32. The largest absolute Gasteiger partial charge is 0.481 e. The Bertz CT molecular complexity index is 297. The number of fused-ring (bicyclic) bond motifs is 2. The summed E-state index contributed by atoms with van der Waals surface area (Å²) < 4.78 is 11.1. The van der Waals surface area contributed by atoms with Crippen molar-refractivity contribution in [2.75, 3.05) is 13.2 Å². The summed E-state index contributed by atoms with van der Waals surface area (Å²) in [5.41, 5.74) is -0.604. The fourth-order valence-electron chi connectivity index (χ4n) is 3.78. The van der Waals surface area contributed by atoms with Gasteiger partial charge in [-0.05, 0) is 38.0 Å².